The lowest BCUT2D eigenvalue weighted by molar-refractivity contribution is -0.160. The standard InChI is InChI=1S/C12H13ClF3NO2/c1-8(6-9-4-2-3-5-10(9)13)17-11(18)19-7-12(14,15)16/h2-5,8H,6-7H2,1H3,(H,17,18). The van der Waals surface area contributed by atoms with E-state index in [1.54, 1.807) is 31.2 Å². The molecule has 3 nitrogen and oxygen atoms in total. The van der Waals surface area contributed by atoms with E-state index in [9.17, 15) is 18.0 Å². The minimum Gasteiger partial charge on any atom is -0.440 e. The molecule has 1 atom stereocenters. The fourth-order valence-electron chi connectivity index (χ4n) is 1.44. The Hall–Kier alpha value is -1.43. The van der Waals surface area contributed by atoms with Crippen molar-refractivity contribution in [3.05, 3.63) is 34.9 Å². The van der Waals surface area contributed by atoms with Gasteiger partial charge in [-0.1, -0.05) is 29.8 Å². The molecule has 0 saturated heterocycles. The third-order valence-electron chi connectivity index (χ3n) is 2.22. The Balaban J connectivity index is 2.41. The first-order chi connectivity index (χ1) is 8.78. The van der Waals surface area contributed by atoms with Crippen LogP contribution in [0.2, 0.25) is 5.02 Å². The van der Waals surface area contributed by atoms with Crippen LogP contribution in [0.15, 0.2) is 24.3 Å². The Morgan fingerprint density at radius 2 is 2.05 bits per heavy atom. The lowest BCUT2D eigenvalue weighted by atomic mass is 10.1. The fraction of sp³-hybridized carbons (Fsp3) is 0.417. The van der Waals surface area contributed by atoms with E-state index < -0.39 is 18.9 Å². The summed E-state index contributed by atoms with van der Waals surface area (Å²) in [5.74, 6) is 0. The number of benzene rings is 1. The quantitative estimate of drug-likeness (QED) is 0.922. The molecule has 0 heterocycles. The van der Waals surface area contributed by atoms with Gasteiger partial charge in [-0.05, 0) is 25.0 Å². The van der Waals surface area contributed by atoms with Crippen molar-refractivity contribution in [3.63, 3.8) is 0 Å². The number of hydrogen-bond donors (Lipinski definition) is 1. The van der Waals surface area contributed by atoms with Crippen LogP contribution in [0.25, 0.3) is 0 Å². The summed E-state index contributed by atoms with van der Waals surface area (Å²) >= 11 is 5.93. The number of alkyl carbamates (subject to hydrolysis) is 1. The molecule has 1 aromatic carbocycles. The highest BCUT2D eigenvalue weighted by molar-refractivity contribution is 6.31. The first-order valence-corrected chi connectivity index (χ1v) is 5.89. The second-order valence-electron chi connectivity index (χ2n) is 4.03. The molecule has 0 saturated carbocycles. The molecule has 1 amide bonds. The number of ether oxygens (including phenoxy) is 1. The molecule has 0 spiro atoms. The molecule has 1 aromatic rings. The summed E-state index contributed by atoms with van der Waals surface area (Å²) in [6, 6.07) is 6.64. The molecular formula is C12H13ClF3NO2. The molecule has 0 aliphatic rings. The van der Waals surface area contributed by atoms with E-state index in [1.807, 2.05) is 0 Å². The van der Waals surface area contributed by atoms with Gasteiger partial charge < -0.3 is 10.1 Å². The maximum absolute atomic E-state index is 11.8. The van der Waals surface area contributed by atoms with Crippen molar-refractivity contribution < 1.29 is 22.7 Å². The van der Waals surface area contributed by atoms with E-state index >= 15 is 0 Å². The lowest BCUT2D eigenvalue weighted by Crippen LogP contribution is -2.36. The predicted octanol–water partition coefficient (Wildman–Crippen LogP) is 3.56. The van der Waals surface area contributed by atoms with E-state index in [0.29, 0.717) is 11.4 Å². The molecule has 0 aliphatic heterocycles. The lowest BCUT2D eigenvalue weighted by Gasteiger charge is -2.15. The normalized spacial score (nSPS) is 12.9. The zero-order chi connectivity index (χ0) is 14.5. The number of alkyl halides is 3. The van der Waals surface area contributed by atoms with Gasteiger partial charge in [-0.15, -0.1) is 0 Å². The van der Waals surface area contributed by atoms with Gasteiger partial charge in [0.05, 0.1) is 0 Å². The Kier molecular flexibility index (Phi) is 5.47. The van der Waals surface area contributed by atoms with Gasteiger partial charge in [0.25, 0.3) is 0 Å². The number of amides is 1. The largest absolute Gasteiger partial charge is 0.440 e. The monoisotopic (exact) mass is 295 g/mol. The molecule has 106 valence electrons. The highest BCUT2D eigenvalue weighted by Crippen LogP contribution is 2.17. The van der Waals surface area contributed by atoms with Gasteiger partial charge >= 0.3 is 12.3 Å². The topological polar surface area (TPSA) is 38.3 Å². The van der Waals surface area contributed by atoms with Gasteiger partial charge in [0.2, 0.25) is 0 Å². The van der Waals surface area contributed by atoms with Crippen LogP contribution in [0.3, 0.4) is 0 Å². The zero-order valence-electron chi connectivity index (χ0n) is 10.1. The Bertz CT molecular complexity index is 437. The van der Waals surface area contributed by atoms with Crippen LogP contribution in [-0.4, -0.2) is 24.9 Å². The molecule has 7 heteroatoms. The highest BCUT2D eigenvalue weighted by atomic mass is 35.5. The maximum Gasteiger partial charge on any atom is 0.422 e. The average molecular weight is 296 g/mol. The SMILES string of the molecule is CC(Cc1ccccc1Cl)NC(=O)OCC(F)(F)F. The Morgan fingerprint density at radius 3 is 2.63 bits per heavy atom. The van der Waals surface area contributed by atoms with Crippen LogP contribution in [-0.2, 0) is 11.2 Å². The summed E-state index contributed by atoms with van der Waals surface area (Å²) in [4.78, 5) is 11.1. The van der Waals surface area contributed by atoms with Gasteiger partial charge in [-0.2, -0.15) is 13.2 Å². The molecule has 0 aromatic heterocycles. The first kappa shape index (κ1) is 15.6. The summed E-state index contributed by atoms with van der Waals surface area (Å²) in [6.07, 6.45) is -5.22. The molecule has 0 fully saturated rings. The number of rotatable bonds is 4. The summed E-state index contributed by atoms with van der Waals surface area (Å²) < 4.78 is 39.5. The third-order valence-corrected chi connectivity index (χ3v) is 2.58. The third kappa shape index (κ3) is 6.33. The molecule has 0 aliphatic carbocycles. The molecule has 1 N–H and O–H groups in total. The van der Waals surface area contributed by atoms with Crippen LogP contribution in [0.4, 0.5) is 18.0 Å². The fourth-order valence-corrected chi connectivity index (χ4v) is 1.65. The molecule has 1 rings (SSSR count). The summed E-state index contributed by atoms with van der Waals surface area (Å²) in [6.45, 7) is 0.0514. The maximum atomic E-state index is 11.8. The number of hydrogen-bond acceptors (Lipinski definition) is 2. The minimum absolute atomic E-state index is 0.388. The van der Waals surface area contributed by atoms with Crippen LogP contribution < -0.4 is 5.32 Å². The number of carbonyl (C=O) groups is 1. The zero-order valence-corrected chi connectivity index (χ0v) is 10.9. The highest BCUT2D eigenvalue weighted by Gasteiger charge is 2.29. The van der Waals surface area contributed by atoms with Gasteiger partial charge in [0, 0.05) is 11.1 Å². The van der Waals surface area contributed by atoms with E-state index in [-0.39, 0.29) is 6.04 Å². The average Bonchev–Trinajstić information content (AvgIpc) is 2.29. The minimum atomic E-state index is -4.52. The van der Waals surface area contributed by atoms with Crippen LogP contribution >= 0.6 is 11.6 Å². The van der Waals surface area contributed by atoms with Gasteiger partial charge in [0.1, 0.15) is 0 Å². The molecule has 1 unspecified atom stereocenters. The predicted molar refractivity (Wildman–Crippen MR) is 65.2 cm³/mol. The van der Waals surface area contributed by atoms with Crippen LogP contribution in [0, 0.1) is 0 Å². The van der Waals surface area contributed by atoms with E-state index in [1.165, 1.54) is 0 Å². The van der Waals surface area contributed by atoms with E-state index in [2.05, 4.69) is 10.1 Å². The first-order valence-electron chi connectivity index (χ1n) is 5.51. The Morgan fingerprint density at radius 1 is 1.42 bits per heavy atom. The summed E-state index contributed by atoms with van der Waals surface area (Å²) in [5, 5.41) is 2.85. The second kappa shape index (κ2) is 6.65. The smallest absolute Gasteiger partial charge is 0.422 e. The van der Waals surface area contributed by atoms with Gasteiger partial charge in [-0.25, -0.2) is 4.79 Å². The van der Waals surface area contributed by atoms with Crippen molar-refractivity contribution in [2.45, 2.75) is 25.6 Å². The van der Waals surface area contributed by atoms with Crippen molar-refractivity contribution in [1.29, 1.82) is 0 Å². The summed E-state index contributed by atoms with van der Waals surface area (Å²) in [7, 11) is 0. The van der Waals surface area contributed by atoms with Crippen molar-refractivity contribution >= 4 is 17.7 Å². The van der Waals surface area contributed by atoms with Crippen molar-refractivity contribution in [1.82, 2.24) is 5.32 Å². The Labute approximate surface area is 113 Å². The number of carbonyl (C=O) groups excluding carboxylic acids is 1. The van der Waals surface area contributed by atoms with E-state index in [4.69, 9.17) is 11.6 Å². The van der Waals surface area contributed by atoms with Crippen molar-refractivity contribution in [3.8, 4) is 0 Å². The van der Waals surface area contributed by atoms with Gasteiger partial charge in [0.15, 0.2) is 6.61 Å². The van der Waals surface area contributed by atoms with Crippen molar-refractivity contribution in [2.24, 2.45) is 0 Å². The van der Waals surface area contributed by atoms with E-state index in [0.717, 1.165) is 5.56 Å². The van der Waals surface area contributed by atoms with Crippen molar-refractivity contribution in [2.75, 3.05) is 6.61 Å². The number of nitrogens with one attached hydrogen (secondary N) is 1. The van der Waals surface area contributed by atoms with Gasteiger partial charge in [-0.3, -0.25) is 0 Å². The molecule has 0 radical (unpaired) electrons. The molecular weight excluding hydrogens is 283 g/mol. The molecule has 19 heavy (non-hydrogen) atoms. The van der Waals surface area contributed by atoms with Crippen LogP contribution in [0.1, 0.15) is 12.5 Å². The van der Waals surface area contributed by atoms with Crippen LogP contribution in [0.5, 0.6) is 0 Å². The second-order valence-corrected chi connectivity index (χ2v) is 4.44. The molecule has 0 bridgehead atoms. The summed E-state index contributed by atoms with van der Waals surface area (Å²) in [5.41, 5.74) is 0.799. The number of halogens is 4.